The highest BCUT2D eigenvalue weighted by atomic mass is 16.3. The number of hydrogen-bond acceptors (Lipinski definition) is 4. The molecule has 4 N–H and O–H groups in total. The third kappa shape index (κ3) is 4.49. The zero-order valence-corrected chi connectivity index (χ0v) is 19.6. The molecule has 0 saturated carbocycles. The van der Waals surface area contributed by atoms with Gasteiger partial charge < -0.3 is 20.5 Å². The van der Waals surface area contributed by atoms with Crippen molar-refractivity contribution < 1.29 is 10.2 Å². The Bertz CT molecular complexity index is 1380. The smallest absolute Gasteiger partial charge is 0.248 e. The van der Waals surface area contributed by atoms with Crippen molar-refractivity contribution in [3.05, 3.63) is 110 Å². The van der Waals surface area contributed by atoms with Crippen LogP contribution in [-0.4, -0.2) is 27.3 Å². The molecular weight excluding hydrogens is 424 g/mol. The molecule has 5 rings (SSSR count). The van der Waals surface area contributed by atoms with Crippen LogP contribution in [0, 0.1) is 13.8 Å². The fraction of sp³-hybridized carbons (Fsp3) is 0.276. The molecule has 0 radical (unpaired) electrons. The summed E-state index contributed by atoms with van der Waals surface area (Å²) in [6.07, 6.45) is 1.78. The largest absolute Gasteiger partial charge is 0.508 e. The lowest BCUT2D eigenvalue weighted by Gasteiger charge is -2.32. The number of rotatable bonds is 6. The fourth-order valence-corrected chi connectivity index (χ4v) is 5.55. The summed E-state index contributed by atoms with van der Waals surface area (Å²) < 4.78 is 0. The summed E-state index contributed by atoms with van der Waals surface area (Å²) in [5, 5.41) is 25.8. The molecule has 0 unspecified atom stereocenters. The number of hydrogen-bond donors (Lipinski definition) is 4. The number of aliphatic hydroxyl groups is 1. The number of H-pyrrole nitrogens is 1. The number of β-amino-alcohol motifs (C(OH)–C–C–N with tert-alkyl or cyclic N) is 1. The quantitative estimate of drug-likeness (QED) is 0.351. The summed E-state index contributed by atoms with van der Waals surface area (Å²) in [6, 6.07) is 21.5. The lowest BCUT2D eigenvalue weighted by molar-refractivity contribution is 0.157. The third-order valence-electron chi connectivity index (χ3n) is 6.89. The van der Waals surface area contributed by atoms with E-state index in [-0.39, 0.29) is 16.8 Å². The molecule has 4 aromatic rings. The van der Waals surface area contributed by atoms with Gasteiger partial charge >= 0.3 is 0 Å². The number of aromatic nitrogens is 1. The van der Waals surface area contributed by atoms with Crippen molar-refractivity contribution in [1.82, 2.24) is 10.3 Å². The van der Waals surface area contributed by atoms with Gasteiger partial charge in [0.1, 0.15) is 5.75 Å². The maximum absolute atomic E-state index is 11.7. The van der Waals surface area contributed by atoms with Crippen molar-refractivity contribution in [3.63, 3.8) is 0 Å². The number of aryl methyl sites for hydroxylation is 2. The first kappa shape index (κ1) is 22.4. The molecule has 5 heteroatoms. The van der Waals surface area contributed by atoms with Gasteiger partial charge in [-0.2, -0.15) is 0 Å². The molecule has 0 fully saturated rings. The average Bonchev–Trinajstić information content (AvgIpc) is 3.14. The van der Waals surface area contributed by atoms with Crippen LogP contribution in [0.15, 0.2) is 71.5 Å². The Morgan fingerprint density at radius 2 is 1.65 bits per heavy atom. The highest BCUT2D eigenvalue weighted by Crippen LogP contribution is 2.34. The predicted molar refractivity (Wildman–Crippen MR) is 135 cm³/mol. The van der Waals surface area contributed by atoms with Gasteiger partial charge in [-0.1, -0.05) is 53.6 Å². The fourth-order valence-electron chi connectivity index (χ4n) is 5.55. The zero-order valence-electron chi connectivity index (χ0n) is 19.6. The number of aliphatic hydroxyl groups excluding tert-OH is 1. The first-order chi connectivity index (χ1) is 16.3. The van der Waals surface area contributed by atoms with Crippen LogP contribution >= 0.6 is 0 Å². The van der Waals surface area contributed by atoms with Crippen molar-refractivity contribution >= 4 is 10.9 Å². The van der Waals surface area contributed by atoms with E-state index in [2.05, 4.69) is 66.6 Å². The van der Waals surface area contributed by atoms with Crippen LogP contribution < -0.4 is 10.9 Å². The molecule has 0 aliphatic heterocycles. The van der Waals surface area contributed by atoms with Crippen molar-refractivity contribution in [2.45, 2.75) is 44.8 Å². The van der Waals surface area contributed by atoms with Crippen molar-refractivity contribution in [2.75, 3.05) is 6.54 Å². The number of benzene rings is 3. The molecule has 3 aromatic carbocycles. The van der Waals surface area contributed by atoms with E-state index in [0.717, 1.165) is 24.6 Å². The summed E-state index contributed by atoms with van der Waals surface area (Å²) in [5.41, 5.74) is 7.12. The molecule has 1 aliphatic carbocycles. The van der Waals surface area contributed by atoms with Crippen molar-refractivity contribution in [2.24, 2.45) is 0 Å². The second-order valence-electron chi connectivity index (χ2n) is 9.79. The van der Waals surface area contributed by atoms with Gasteiger partial charge in [0.25, 0.3) is 0 Å². The van der Waals surface area contributed by atoms with E-state index in [1.54, 1.807) is 12.1 Å². The standard InChI is InChI=1S/C29H30N2O3/c1-18-9-19(2)11-20(10-18)14-29(15-21-5-3-4-6-22(21)16-29)30-17-27(33)25-12-23(32)13-26-24(25)7-8-28(34)31-26/h3-13,27,30,32-33H,14-17H2,1-2H3,(H,31,34)/t27-/m0/s1. The maximum atomic E-state index is 11.7. The second kappa shape index (κ2) is 8.75. The van der Waals surface area contributed by atoms with Crippen LogP contribution in [0.5, 0.6) is 5.75 Å². The van der Waals surface area contributed by atoms with E-state index >= 15 is 0 Å². The predicted octanol–water partition coefficient (Wildman–Crippen LogP) is 4.25. The first-order valence-electron chi connectivity index (χ1n) is 11.7. The number of fused-ring (bicyclic) bond motifs is 2. The van der Waals surface area contributed by atoms with E-state index in [0.29, 0.717) is 17.6 Å². The van der Waals surface area contributed by atoms with Gasteiger partial charge in [-0.25, -0.2) is 0 Å². The number of nitrogens with one attached hydrogen (secondary N) is 2. The SMILES string of the molecule is Cc1cc(C)cc(CC2(NC[C@H](O)c3cc(O)cc4[nH]c(=O)ccc34)Cc3ccccc3C2)c1. The minimum absolute atomic E-state index is 0.0154. The summed E-state index contributed by atoms with van der Waals surface area (Å²) in [5.74, 6) is 0.0154. The Morgan fingerprint density at radius 3 is 2.32 bits per heavy atom. The Morgan fingerprint density at radius 1 is 0.971 bits per heavy atom. The molecule has 0 bridgehead atoms. The molecule has 34 heavy (non-hydrogen) atoms. The van der Waals surface area contributed by atoms with Crippen LogP contribution in [0.4, 0.5) is 0 Å². The molecule has 5 nitrogen and oxygen atoms in total. The normalized spacial score (nSPS) is 15.4. The van der Waals surface area contributed by atoms with E-state index in [1.807, 2.05) is 0 Å². The number of phenols is 1. The van der Waals surface area contributed by atoms with E-state index < -0.39 is 6.10 Å². The average molecular weight is 455 g/mol. The van der Waals surface area contributed by atoms with Gasteiger partial charge in [-0.3, -0.25) is 4.79 Å². The number of aromatic hydroxyl groups is 1. The minimum Gasteiger partial charge on any atom is -0.508 e. The van der Waals surface area contributed by atoms with Crippen LogP contribution in [-0.2, 0) is 19.3 Å². The maximum Gasteiger partial charge on any atom is 0.248 e. The van der Waals surface area contributed by atoms with E-state index in [4.69, 9.17) is 0 Å². The van der Waals surface area contributed by atoms with Gasteiger partial charge in [0.05, 0.1) is 11.6 Å². The van der Waals surface area contributed by atoms with Crippen LogP contribution in [0.25, 0.3) is 10.9 Å². The summed E-state index contributed by atoms with van der Waals surface area (Å²) in [6.45, 7) is 4.58. The molecule has 0 saturated heterocycles. The van der Waals surface area contributed by atoms with E-state index in [1.165, 1.54) is 39.9 Å². The molecule has 1 heterocycles. The minimum atomic E-state index is -0.847. The Labute approximate surface area is 199 Å². The topological polar surface area (TPSA) is 85.3 Å². The van der Waals surface area contributed by atoms with Gasteiger partial charge in [-0.05, 0) is 67.5 Å². The van der Waals surface area contributed by atoms with Crippen LogP contribution in [0.2, 0.25) is 0 Å². The molecular formula is C29H30N2O3. The molecule has 1 aliphatic rings. The highest BCUT2D eigenvalue weighted by molar-refractivity contribution is 5.84. The van der Waals surface area contributed by atoms with Crippen molar-refractivity contribution in [1.29, 1.82) is 0 Å². The lowest BCUT2D eigenvalue weighted by atomic mass is 9.86. The summed E-state index contributed by atoms with van der Waals surface area (Å²) >= 11 is 0. The number of aromatic amines is 1. The number of phenolic OH excluding ortho intramolecular Hbond substituents is 1. The molecule has 1 aromatic heterocycles. The van der Waals surface area contributed by atoms with Gasteiger partial charge in [-0.15, -0.1) is 0 Å². The number of pyridine rings is 1. The van der Waals surface area contributed by atoms with Crippen molar-refractivity contribution in [3.8, 4) is 5.75 Å². The Hall–Kier alpha value is -3.41. The Balaban J connectivity index is 1.45. The van der Waals surface area contributed by atoms with Crippen LogP contribution in [0.1, 0.15) is 39.5 Å². The lowest BCUT2D eigenvalue weighted by Crippen LogP contribution is -2.49. The zero-order chi connectivity index (χ0) is 23.9. The molecule has 1 atom stereocenters. The van der Waals surface area contributed by atoms with E-state index in [9.17, 15) is 15.0 Å². The summed E-state index contributed by atoms with van der Waals surface area (Å²) in [4.78, 5) is 14.5. The summed E-state index contributed by atoms with van der Waals surface area (Å²) in [7, 11) is 0. The molecule has 0 amide bonds. The second-order valence-corrected chi connectivity index (χ2v) is 9.79. The monoisotopic (exact) mass is 454 g/mol. The molecule has 174 valence electrons. The van der Waals surface area contributed by atoms with Gasteiger partial charge in [0, 0.05) is 29.6 Å². The molecule has 0 spiro atoms. The third-order valence-corrected chi connectivity index (χ3v) is 6.89. The highest BCUT2D eigenvalue weighted by Gasteiger charge is 2.37. The first-order valence-corrected chi connectivity index (χ1v) is 11.7. The van der Waals surface area contributed by atoms with Gasteiger partial charge in [0.2, 0.25) is 5.56 Å². The Kier molecular flexibility index (Phi) is 5.76. The van der Waals surface area contributed by atoms with Crippen LogP contribution in [0.3, 0.4) is 0 Å². The van der Waals surface area contributed by atoms with Gasteiger partial charge in [0.15, 0.2) is 0 Å².